The molecule has 2 heteroatoms. The van der Waals surface area contributed by atoms with Gasteiger partial charge in [0.25, 0.3) is 0 Å². The van der Waals surface area contributed by atoms with Crippen molar-refractivity contribution in [3.05, 3.63) is 247 Å². The predicted octanol–water partition coefficient (Wildman–Crippen LogP) is 16.5. The van der Waals surface area contributed by atoms with Crippen LogP contribution in [0.15, 0.2) is 229 Å². The lowest BCUT2D eigenvalue weighted by atomic mass is 9.70. The molecular formula is C61H37NO. The van der Waals surface area contributed by atoms with E-state index in [2.05, 4.69) is 229 Å². The van der Waals surface area contributed by atoms with Crippen LogP contribution in [0.5, 0.6) is 0 Å². The summed E-state index contributed by atoms with van der Waals surface area (Å²) in [4.78, 5) is 2.49. The summed E-state index contributed by atoms with van der Waals surface area (Å²) < 4.78 is 6.89. The van der Waals surface area contributed by atoms with Crippen LogP contribution in [0.4, 0.5) is 17.1 Å². The molecule has 0 amide bonds. The first-order chi connectivity index (χ1) is 31.3. The summed E-state index contributed by atoms with van der Waals surface area (Å²) in [5, 5.41) is 9.75. The van der Waals surface area contributed by atoms with E-state index in [-0.39, 0.29) is 0 Å². The molecule has 0 bridgehead atoms. The summed E-state index contributed by atoms with van der Waals surface area (Å²) in [6.07, 6.45) is 0. The van der Waals surface area contributed by atoms with Gasteiger partial charge in [-0.05, 0) is 119 Å². The summed E-state index contributed by atoms with van der Waals surface area (Å²) in [6.45, 7) is 0. The van der Waals surface area contributed by atoms with Crippen molar-refractivity contribution < 1.29 is 4.42 Å². The molecule has 0 N–H and O–H groups in total. The highest BCUT2D eigenvalue weighted by molar-refractivity contribution is 6.26. The van der Waals surface area contributed by atoms with Crippen molar-refractivity contribution in [3.63, 3.8) is 0 Å². The van der Waals surface area contributed by atoms with Crippen LogP contribution in [0.3, 0.4) is 0 Å². The second-order valence-electron chi connectivity index (χ2n) is 17.1. The number of nitrogens with zero attached hydrogens (tertiary/aromatic N) is 1. The lowest BCUT2D eigenvalue weighted by Crippen LogP contribution is -2.26. The molecule has 1 aromatic heterocycles. The Morgan fingerprint density at radius 3 is 1.43 bits per heavy atom. The fourth-order valence-electron chi connectivity index (χ4n) is 11.5. The molecule has 2 aliphatic carbocycles. The molecule has 0 saturated heterocycles. The number of hydrogen-bond donors (Lipinski definition) is 0. The van der Waals surface area contributed by atoms with Crippen molar-refractivity contribution >= 4 is 71.3 Å². The Kier molecular flexibility index (Phi) is 7.07. The van der Waals surface area contributed by atoms with Crippen LogP contribution in [0.1, 0.15) is 22.3 Å². The lowest BCUT2D eigenvalue weighted by Gasteiger charge is -2.33. The third-order valence-corrected chi connectivity index (χ3v) is 14.0. The van der Waals surface area contributed by atoms with E-state index in [0.29, 0.717) is 0 Å². The zero-order valence-electron chi connectivity index (χ0n) is 34.2. The smallest absolute Gasteiger partial charge is 0.143 e. The first-order valence-corrected chi connectivity index (χ1v) is 21.8. The van der Waals surface area contributed by atoms with Crippen LogP contribution in [0.25, 0.3) is 87.6 Å². The van der Waals surface area contributed by atoms with Gasteiger partial charge in [0.2, 0.25) is 0 Å². The van der Waals surface area contributed by atoms with Gasteiger partial charge in [0, 0.05) is 33.3 Å². The molecule has 0 saturated carbocycles. The molecule has 1 heterocycles. The number of para-hydroxylation sites is 3. The number of benzene rings is 11. The SMILES string of the molecule is c1ccc(N(c2ccc3c4ccccc4c4ccccc4c3c2)c2cc3c(cc2-c2cccc4c2oc2ccccc24)-c2ccccc2C32c3ccccc3-c3ccccc32)cc1. The van der Waals surface area contributed by atoms with Crippen molar-refractivity contribution in [1.29, 1.82) is 0 Å². The number of rotatable bonds is 4. The monoisotopic (exact) mass is 799 g/mol. The molecular weight excluding hydrogens is 763 g/mol. The van der Waals surface area contributed by atoms with E-state index >= 15 is 0 Å². The quantitative estimate of drug-likeness (QED) is 0.165. The maximum Gasteiger partial charge on any atom is 0.143 e. The number of hydrogen-bond acceptors (Lipinski definition) is 2. The van der Waals surface area contributed by atoms with Crippen molar-refractivity contribution in [2.45, 2.75) is 5.41 Å². The fourth-order valence-corrected chi connectivity index (χ4v) is 11.5. The Morgan fingerprint density at radius 2 is 0.778 bits per heavy atom. The molecule has 12 aromatic rings. The van der Waals surface area contributed by atoms with E-state index < -0.39 is 5.41 Å². The predicted molar refractivity (Wildman–Crippen MR) is 263 cm³/mol. The number of fused-ring (bicyclic) bond motifs is 19. The van der Waals surface area contributed by atoms with E-state index in [0.717, 1.165) is 50.1 Å². The summed E-state index contributed by atoms with van der Waals surface area (Å²) in [6, 6.07) is 82.9. The van der Waals surface area contributed by atoms with Gasteiger partial charge in [-0.15, -0.1) is 0 Å². The van der Waals surface area contributed by atoms with E-state index in [4.69, 9.17) is 4.42 Å². The molecule has 11 aromatic carbocycles. The normalized spacial score (nSPS) is 13.2. The lowest BCUT2D eigenvalue weighted by molar-refractivity contribution is 0.670. The highest BCUT2D eigenvalue weighted by Crippen LogP contribution is 2.64. The van der Waals surface area contributed by atoms with Gasteiger partial charge >= 0.3 is 0 Å². The Balaban J connectivity index is 1.14. The summed E-state index contributed by atoms with van der Waals surface area (Å²) in [5.74, 6) is 0. The molecule has 0 unspecified atom stereocenters. The molecule has 2 aliphatic rings. The van der Waals surface area contributed by atoms with Crippen molar-refractivity contribution in [2.24, 2.45) is 0 Å². The molecule has 0 fully saturated rings. The van der Waals surface area contributed by atoms with Gasteiger partial charge < -0.3 is 9.32 Å². The van der Waals surface area contributed by atoms with E-state index in [1.165, 1.54) is 76.8 Å². The van der Waals surface area contributed by atoms with Gasteiger partial charge in [-0.3, -0.25) is 0 Å². The summed E-state index contributed by atoms with van der Waals surface area (Å²) in [5.41, 5.74) is 17.0. The van der Waals surface area contributed by atoms with E-state index in [1.807, 2.05) is 0 Å². The molecule has 2 nitrogen and oxygen atoms in total. The zero-order chi connectivity index (χ0) is 41.2. The van der Waals surface area contributed by atoms with Crippen LogP contribution in [-0.2, 0) is 5.41 Å². The molecule has 0 radical (unpaired) electrons. The minimum atomic E-state index is -0.515. The van der Waals surface area contributed by atoms with Crippen LogP contribution < -0.4 is 4.90 Å². The van der Waals surface area contributed by atoms with Gasteiger partial charge in [-0.25, -0.2) is 0 Å². The Morgan fingerprint density at radius 1 is 0.286 bits per heavy atom. The standard InChI is InChI=1S/C61H37NO/c1-2-17-38(18-3-1)62(39-33-34-44-42-21-5-4-19-40(42)41-20-6-7-22-43(41)51(44)35-39)58-37-57-52(36-53(58)50-28-16-27-49-48-26-11-15-32-59(48)63-60(49)50)47-25-10-14-31-56(47)61(57)54-29-12-8-23-45(54)46-24-9-13-30-55(46)61/h1-37H. The minimum absolute atomic E-state index is 0.515. The van der Waals surface area contributed by atoms with Crippen molar-refractivity contribution in [2.75, 3.05) is 4.90 Å². The second-order valence-corrected chi connectivity index (χ2v) is 17.1. The third kappa shape index (κ3) is 4.62. The number of anilines is 3. The largest absolute Gasteiger partial charge is 0.455 e. The Labute approximate surface area is 364 Å². The van der Waals surface area contributed by atoms with Crippen LogP contribution in [-0.4, -0.2) is 0 Å². The zero-order valence-corrected chi connectivity index (χ0v) is 34.2. The van der Waals surface area contributed by atoms with Gasteiger partial charge in [0.15, 0.2) is 0 Å². The second kappa shape index (κ2) is 12.9. The van der Waals surface area contributed by atoms with Gasteiger partial charge in [0.05, 0.1) is 11.1 Å². The Hall–Kier alpha value is -8.20. The van der Waals surface area contributed by atoms with Crippen LogP contribution in [0, 0.1) is 0 Å². The highest BCUT2D eigenvalue weighted by Gasteiger charge is 2.52. The maximum atomic E-state index is 6.89. The van der Waals surface area contributed by atoms with Crippen molar-refractivity contribution in [1.82, 2.24) is 0 Å². The molecule has 0 aliphatic heterocycles. The van der Waals surface area contributed by atoms with Gasteiger partial charge in [-0.2, -0.15) is 0 Å². The van der Waals surface area contributed by atoms with Crippen LogP contribution in [0.2, 0.25) is 0 Å². The minimum Gasteiger partial charge on any atom is -0.455 e. The van der Waals surface area contributed by atoms with E-state index in [1.54, 1.807) is 0 Å². The Bertz CT molecular complexity index is 3790. The van der Waals surface area contributed by atoms with Gasteiger partial charge in [-0.1, -0.05) is 182 Å². The first-order valence-electron chi connectivity index (χ1n) is 21.8. The van der Waals surface area contributed by atoms with Crippen molar-refractivity contribution in [3.8, 4) is 33.4 Å². The molecule has 14 rings (SSSR count). The molecule has 292 valence electrons. The number of furan rings is 1. The first kappa shape index (κ1) is 34.5. The molecule has 63 heavy (non-hydrogen) atoms. The fraction of sp³-hybridized carbons (Fsp3) is 0.0164. The molecule has 0 atom stereocenters. The summed E-state index contributed by atoms with van der Waals surface area (Å²) in [7, 11) is 0. The van der Waals surface area contributed by atoms with Crippen LogP contribution >= 0.6 is 0 Å². The van der Waals surface area contributed by atoms with E-state index in [9.17, 15) is 0 Å². The van der Waals surface area contributed by atoms with Gasteiger partial charge in [0.1, 0.15) is 11.2 Å². The average molecular weight is 800 g/mol. The maximum absolute atomic E-state index is 6.89. The summed E-state index contributed by atoms with van der Waals surface area (Å²) >= 11 is 0. The third-order valence-electron chi connectivity index (χ3n) is 14.0. The molecule has 1 spiro atoms. The average Bonchev–Trinajstić information content (AvgIpc) is 3.98. The highest BCUT2D eigenvalue weighted by atomic mass is 16.3. The topological polar surface area (TPSA) is 16.4 Å².